The molecule has 2 heterocycles. The number of aryl methyl sites for hydroxylation is 2. The van der Waals surface area contributed by atoms with Crippen LogP contribution in [0.3, 0.4) is 0 Å². The van der Waals surface area contributed by atoms with Gasteiger partial charge in [-0.2, -0.15) is 0 Å². The van der Waals surface area contributed by atoms with Gasteiger partial charge in [-0.1, -0.05) is 22.8 Å². The quantitative estimate of drug-likeness (QED) is 0.692. The number of carbonyl (C=O) groups is 1. The molecule has 3 rings (SSSR count). The van der Waals surface area contributed by atoms with Gasteiger partial charge in [-0.25, -0.2) is 0 Å². The Hall–Kier alpha value is -1.89. The van der Waals surface area contributed by atoms with Crippen molar-refractivity contribution in [1.82, 2.24) is 5.16 Å². The van der Waals surface area contributed by atoms with E-state index in [9.17, 15) is 4.79 Å². The molecule has 2 aromatic rings. The average Bonchev–Trinajstić information content (AvgIpc) is 2.98. The summed E-state index contributed by atoms with van der Waals surface area (Å²) in [4.78, 5) is 15.1. The molecule has 1 aromatic heterocycles. The van der Waals surface area contributed by atoms with Crippen LogP contribution in [0.1, 0.15) is 17.0 Å². The predicted molar refractivity (Wildman–Crippen MR) is 96.0 cm³/mol. The van der Waals surface area contributed by atoms with Crippen LogP contribution in [0.15, 0.2) is 28.8 Å². The number of hydrogen-bond donors (Lipinski definition) is 3. The highest BCUT2D eigenvalue weighted by Gasteiger charge is 2.25. The molecule has 0 bridgehead atoms. The predicted octanol–water partition coefficient (Wildman–Crippen LogP) is -0.133. The Morgan fingerprint density at radius 3 is 2.60 bits per heavy atom. The SMILES string of the molecule is Cc1cc(C[NH+]2CC[NH+](CC(=O)Nc3cc(Cl)ccc3C)CC2)no1. The summed E-state index contributed by atoms with van der Waals surface area (Å²) in [6.45, 7) is 9.28. The van der Waals surface area contributed by atoms with E-state index in [4.69, 9.17) is 16.1 Å². The van der Waals surface area contributed by atoms with Crippen molar-refractivity contribution >= 4 is 23.2 Å². The van der Waals surface area contributed by atoms with Crippen LogP contribution in [-0.4, -0.2) is 43.8 Å². The Labute approximate surface area is 152 Å². The summed E-state index contributed by atoms with van der Waals surface area (Å²) in [5, 5.41) is 7.67. The Morgan fingerprint density at radius 1 is 1.20 bits per heavy atom. The zero-order chi connectivity index (χ0) is 17.8. The lowest BCUT2D eigenvalue weighted by molar-refractivity contribution is -1.02. The number of aromatic nitrogens is 1. The van der Waals surface area contributed by atoms with E-state index in [0.717, 1.165) is 55.4 Å². The van der Waals surface area contributed by atoms with Gasteiger partial charge in [0.25, 0.3) is 5.91 Å². The molecule has 1 saturated heterocycles. The largest absolute Gasteiger partial charge is 0.361 e. The highest BCUT2D eigenvalue weighted by molar-refractivity contribution is 6.31. The molecule has 1 aliphatic heterocycles. The van der Waals surface area contributed by atoms with E-state index >= 15 is 0 Å². The molecule has 0 radical (unpaired) electrons. The maximum Gasteiger partial charge on any atom is 0.279 e. The highest BCUT2D eigenvalue weighted by Crippen LogP contribution is 2.19. The van der Waals surface area contributed by atoms with Crippen LogP contribution >= 0.6 is 11.6 Å². The number of halogens is 1. The van der Waals surface area contributed by atoms with Crippen molar-refractivity contribution in [3.63, 3.8) is 0 Å². The number of anilines is 1. The van der Waals surface area contributed by atoms with E-state index in [-0.39, 0.29) is 5.91 Å². The minimum atomic E-state index is 0.0379. The molecular weight excluding hydrogens is 340 g/mol. The molecule has 6 nitrogen and oxygen atoms in total. The van der Waals surface area contributed by atoms with Crippen molar-refractivity contribution in [3.8, 4) is 0 Å². The normalized spacial score (nSPS) is 20.4. The van der Waals surface area contributed by atoms with E-state index in [0.29, 0.717) is 11.6 Å². The van der Waals surface area contributed by atoms with Gasteiger partial charge in [0.05, 0.1) is 0 Å². The summed E-state index contributed by atoms with van der Waals surface area (Å²) >= 11 is 6.01. The second-order valence-corrected chi connectivity index (χ2v) is 7.23. The third-order valence-electron chi connectivity index (χ3n) is 4.66. The average molecular weight is 365 g/mol. The molecule has 1 aromatic carbocycles. The third kappa shape index (κ3) is 5.04. The fourth-order valence-electron chi connectivity index (χ4n) is 3.22. The van der Waals surface area contributed by atoms with Gasteiger partial charge in [-0.3, -0.25) is 4.79 Å². The number of piperazine rings is 1. The topological polar surface area (TPSA) is 64.0 Å². The zero-order valence-electron chi connectivity index (χ0n) is 14.7. The fourth-order valence-corrected chi connectivity index (χ4v) is 3.39. The Kier molecular flexibility index (Phi) is 5.73. The molecule has 134 valence electrons. The molecule has 7 heteroatoms. The standard InChI is InChI=1S/C18H23ClN4O2/c1-13-3-4-15(19)10-17(13)20-18(24)12-23-7-5-22(6-8-23)11-16-9-14(2)25-21-16/h3-4,9-10H,5-8,11-12H2,1-2H3,(H,20,24)/p+2. The van der Waals surface area contributed by atoms with Gasteiger partial charge in [-0.05, 0) is 31.5 Å². The molecule has 3 N–H and O–H groups in total. The van der Waals surface area contributed by atoms with Crippen LogP contribution < -0.4 is 15.1 Å². The summed E-state index contributed by atoms with van der Waals surface area (Å²) in [6.07, 6.45) is 0. The molecular formula is C18H25ClN4O2+2. The van der Waals surface area contributed by atoms with E-state index in [1.165, 1.54) is 9.80 Å². The summed E-state index contributed by atoms with van der Waals surface area (Å²) in [5.74, 6) is 0.891. The van der Waals surface area contributed by atoms with E-state index in [1.807, 2.05) is 32.0 Å². The van der Waals surface area contributed by atoms with Crippen molar-refractivity contribution in [2.45, 2.75) is 20.4 Å². The Balaban J connectivity index is 1.45. The molecule has 25 heavy (non-hydrogen) atoms. The highest BCUT2D eigenvalue weighted by atomic mass is 35.5. The Bertz CT molecular complexity index is 738. The van der Waals surface area contributed by atoms with E-state index in [1.54, 1.807) is 6.07 Å². The fraction of sp³-hybridized carbons (Fsp3) is 0.444. The second kappa shape index (κ2) is 7.99. The van der Waals surface area contributed by atoms with Gasteiger partial charge in [0, 0.05) is 16.8 Å². The Morgan fingerprint density at radius 2 is 1.92 bits per heavy atom. The summed E-state index contributed by atoms with van der Waals surface area (Å²) in [7, 11) is 0. The molecule has 0 atom stereocenters. The maximum absolute atomic E-state index is 12.3. The summed E-state index contributed by atoms with van der Waals surface area (Å²) < 4.78 is 5.12. The molecule has 0 unspecified atom stereocenters. The van der Waals surface area contributed by atoms with Crippen molar-refractivity contribution in [3.05, 3.63) is 46.3 Å². The maximum atomic E-state index is 12.3. The number of quaternary nitrogens is 2. The number of amides is 1. The minimum Gasteiger partial charge on any atom is -0.361 e. The van der Waals surface area contributed by atoms with Crippen LogP contribution in [0.25, 0.3) is 0 Å². The molecule has 0 spiro atoms. The van der Waals surface area contributed by atoms with Gasteiger partial charge in [-0.15, -0.1) is 0 Å². The molecule has 1 amide bonds. The van der Waals surface area contributed by atoms with Crippen LogP contribution in [0, 0.1) is 13.8 Å². The summed E-state index contributed by atoms with van der Waals surface area (Å²) in [6, 6.07) is 7.54. The van der Waals surface area contributed by atoms with Crippen molar-refractivity contribution < 1.29 is 19.1 Å². The number of nitrogens with one attached hydrogen (secondary N) is 3. The molecule has 0 saturated carbocycles. The smallest absolute Gasteiger partial charge is 0.279 e. The van der Waals surface area contributed by atoms with Gasteiger partial charge >= 0.3 is 0 Å². The number of rotatable bonds is 5. The van der Waals surface area contributed by atoms with Crippen LogP contribution in [0.5, 0.6) is 0 Å². The third-order valence-corrected chi connectivity index (χ3v) is 4.89. The first-order valence-electron chi connectivity index (χ1n) is 8.65. The van der Waals surface area contributed by atoms with Gasteiger partial charge in [0.1, 0.15) is 44.2 Å². The van der Waals surface area contributed by atoms with E-state index in [2.05, 4.69) is 10.5 Å². The van der Waals surface area contributed by atoms with Gasteiger partial charge in [0.2, 0.25) is 0 Å². The number of nitrogens with zero attached hydrogens (tertiary/aromatic N) is 1. The lowest BCUT2D eigenvalue weighted by Gasteiger charge is -2.28. The molecule has 0 aliphatic carbocycles. The first-order valence-corrected chi connectivity index (χ1v) is 9.03. The van der Waals surface area contributed by atoms with Gasteiger partial charge in [0.15, 0.2) is 6.54 Å². The van der Waals surface area contributed by atoms with E-state index < -0.39 is 0 Å². The van der Waals surface area contributed by atoms with Crippen LogP contribution in [-0.2, 0) is 11.3 Å². The lowest BCUT2D eigenvalue weighted by atomic mass is 10.2. The molecule has 1 fully saturated rings. The first-order chi connectivity index (χ1) is 12.0. The molecule has 1 aliphatic rings. The second-order valence-electron chi connectivity index (χ2n) is 6.79. The van der Waals surface area contributed by atoms with Crippen LogP contribution in [0.2, 0.25) is 5.02 Å². The first kappa shape index (κ1) is 17.9. The lowest BCUT2D eigenvalue weighted by Crippen LogP contribution is -3.28. The zero-order valence-corrected chi connectivity index (χ0v) is 15.4. The summed E-state index contributed by atoms with van der Waals surface area (Å²) in [5.41, 5.74) is 2.82. The number of benzene rings is 1. The van der Waals surface area contributed by atoms with Crippen molar-refractivity contribution in [1.29, 1.82) is 0 Å². The number of carbonyl (C=O) groups excluding carboxylic acids is 1. The number of hydrogen-bond acceptors (Lipinski definition) is 3. The van der Waals surface area contributed by atoms with Crippen molar-refractivity contribution in [2.24, 2.45) is 0 Å². The monoisotopic (exact) mass is 364 g/mol. The van der Waals surface area contributed by atoms with Crippen LogP contribution in [0.4, 0.5) is 5.69 Å². The van der Waals surface area contributed by atoms with Gasteiger partial charge < -0.3 is 19.6 Å². The van der Waals surface area contributed by atoms with Crippen molar-refractivity contribution in [2.75, 3.05) is 38.0 Å². The minimum absolute atomic E-state index is 0.0379.